The Labute approximate surface area is 230 Å². The minimum atomic E-state index is -1.57. The molecule has 1 aliphatic carbocycles. The second-order valence-electron chi connectivity index (χ2n) is 11.8. The molecule has 0 radical (unpaired) electrons. The molecule has 3 aromatic rings. The fourth-order valence-electron chi connectivity index (χ4n) is 6.56. The molecule has 0 fully saturated rings. The van der Waals surface area contributed by atoms with Crippen LogP contribution in [-0.4, -0.2) is 38.2 Å². The van der Waals surface area contributed by atoms with E-state index in [4.69, 9.17) is 14.5 Å². The molecule has 2 N–H and O–H groups in total. The predicted molar refractivity (Wildman–Crippen MR) is 144 cm³/mol. The molecule has 3 aliphatic rings. The maximum Gasteiger partial charge on any atom is 0.340 e. The molecule has 40 heavy (non-hydrogen) atoms. The minimum Gasteiger partial charge on any atom is -0.458 e. The fraction of sp³-hybridized carbons (Fsp3) is 0.467. The van der Waals surface area contributed by atoms with Gasteiger partial charge in [-0.1, -0.05) is 0 Å². The Balaban J connectivity index is 1.50. The van der Waals surface area contributed by atoms with Crippen molar-refractivity contribution in [3.8, 4) is 11.4 Å². The summed E-state index contributed by atoms with van der Waals surface area (Å²) in [5.74, 6) is -1.35. The highest BCUT2D eigenvalue weighted by molar-refractivity contribution is 5.93. The van der Waals surface area contributed by atoms with E-state index in [1.54, 1.807) is 17.6 Å². The molecular formula is C30H32FN3O6. The van der Waals surface area contributed by atoms with Gasteiger partial charge >= 0.3 is 5.97 Å². The van der Waals surface area contributed by atoms with E-state index in [1.165, 1.54) is 6.07 Å². The fourth-order valence-corrected chi connectivity index (χ4v) is 6.56. The number of nitrogens with one attached hydrogen (secondary N) is 1. The smallest absolute Gasteiger partial charge is 0.340 e. The van der Waals surface area contributed by atoms with Gasteiger partial charge in [-0.2, -0.15) is 0 Å². The Morgan fingerprint density at radius 3 is 2.75 bits per heavy atom. The number of carbonyl (C=O) groups excluding carboxylic acids is 2. The Morgan fingerprint density at radius 2 is 2.02 bits per heavy atom. The first-order chi connectivity index (χ1) is 18.9. The van der Waals surface area contributed by atoms with Crippen LogP contribution in [0.4, 0.5) is 4.39 Å². The van der Waals surface area contributed by atoms with Crippen molar-refractivity contribution in [1.29, 1.82) is 0 Å². The van der Waals surface area contributed by atoms with Crippen molar-refractivity contribution in [2.24, 2.45) is 0 Å². The molecule has 10 heteroatoms. The average Bonchev–Trinajstić information content (AvgIpc) is 3.23. The number of cyclic esters (lactones) is 1. The van der Waals surface area contributed by atoms with Crippen LogP contribution >= 0.6 is 0 Å². The van der Waals surface area contributed by atoms with Crippen molar-refractivity contribution in [2.45, 2.75) is 90.9 Å². The van der Waals surface area contributed by atoms with Crippen molar-refractivity contribution in [3.05, 3.63) is 61.7 Å². The van der Waals surface area contributed by atoms with Crippen LogP contribution in [0.5, 0.6) is 0 Å². The second kappa shape index (κ2) is 9.21. The number of nitrogens with zero attached hydrogens (tertiary/aromatic N) is 2. The highest BCUT2D eigenvalue weighted by Crippen LogP contribution is 2.45. The first kappa shape index (κ1) is 26.6. The van der Waals surface area contributed by atoms with Gasteiger partial charge in [0, 0.05) is 22.6 Å². The summed E-state index contributed by atoms with van der Waals surface area (Å²) in [4.78, 5) is 43.6. The molecule has 0 spiro atoms. The molecule has 210 valence electrons. The lowest BCUT2D eigenvalue weighted by Gasteiger charge is -2.32. The van der Waals surface area contributed by atoms with Crippen LogP contribution in [0.1, 0.15) is 86.1 Å². The molecule has 1 amide bonds. The largest absolute Gasteiger partial charge is 0.458 e. The summed E-state index contributed by atoms with van der Waals surface area (Å²) in [6.45, 7) is 9.34. The molecule has 2 aromatic heterocycles. The number of rotatable bonds is 5. The molecule has 6 rings (SSSR count). The zero-order valence-corrected chi connectivity index (χ0v) is 23.2. The average molecular weight is 550 g/mol. The number of aliphatic hydroxyl groups excluding tert-OH is 1. The van der Waals surface area contributed by atoms with Crippen LogP contribution in [0.2, 0.25) is 0 Å². The van der Waals surface area contributed by atoms with E-state index in [0.717, 1.165) is 22.1 Å². The van der Waals surface area contributed by atoms with Crippen LogP contribution < -0.4 is 10.9 Å². The van der Waals surface area contributed by atoms with E-state index in [1.807, 2.05) is 27.7 Å². The van der Waals surface area contributed by atoms with Crippen LogP contribution in [-0.2, 0) is 38.6 Å². The highest BCUT2D eigenvalue weighted by atomic mass is 19.1. The molecule has 1 aromatic carbocycles. The minimum absolute atomic E-state index is 0.0350. The molecule has 4 heterocycles. The summed E-state index contributed by atoms with van der Waals surface area (Å²) < 4.78 is 27.5. The van der Waals surface area contributed by atoms with Crippen LogP contribution in [0, 0.1) is 12.7 Å². The first-order valence-electron chi connectivity index (χ1n) is 13.6. The second-order valence-corrected chi connectivity index (χ2v) is 11.8. The number of benzene rings is 1. The number of fused-ring (bicyclic) bond motifs is 5. The Hall–Kier alpha value is -3.63. The van der Waals surface area contributed by atoms with Gasteiger partial charge in [0.2, 0.25) is 5.91 Å². The normalized spacial score (nSPS) is 19.4. The number of esters is 1. The molecule has 0 saturated carbocycles. The van der Waals surface area contributed by atoms with Crippen molar-refractivity contribution in [1.82, 2.24) is 14.9 Å². The summed E-state index contributed by atoms with van der Waals surface area (Å²) in [7, 11) is 0. The number of aliphatic hydroxyl groups is 1. The van der Waals surface area contributed by atoms with E-state index < -0.39 is 17.7 Å². The molecule has 0 bridgehead atoms. The Kier molecular flexibility index (Phi) is 6.12. The van der Waals surface area contributed by atoms with Crippen LogP contribution in [0.25, 0.3) is 22.3 Å². The topological polar surface area (TPSA) is 120 Å². The lowest BCUT2D eigenvalue weighted by molar-refractivity contribution is -0.157. The maximum absolute atomic E-state index is 15.0. The third-order valence-electron chi connectivity index (χ3n) is 8.12. The number of carbonyl (C=O) groups is 2. The molecule has 9 nitrogen and oxygen atoms in total. The zero-order valence-electron chi connectivity index (χ0n) is 23.2. The van der Waals surface area contributed by atoms with Gasteiger partial charge in [0.15, 0.2) is 6.10 Å². The van der Waals surface area contributed by atoms with E-state index in [2.05, 4.69) is 5.32 Å². The lowest BCUT2D eigenvalue weighted by Crippen LogP contribution is -2.38. The Morgan fingerprint density at radius 1 is 1.27 bits per heavy atom. The molecular weight excluding hydrogens is 517 g/mol. The summed E-state index contributed by atoms with van der Waals surface area (Å²) in [5.41, 5.74) is 3.74. The SMILES string of the molecule is Cc1c(F)cc2nc3c(c4c2c1CC[C@@H]4NC(=O)CC(C)(C)OC(C)C)Cn1c-3cc2c(c1=O)COC(=O)[C@H]2O. The monoisotopic (exact) mass is 549 g/mol. The quantitative estimate of drug-likeness (QED) is 0.365. The van der Waals surface area contributed by atoms with Crippen molar-refractivity contribution < 1.29 is 28.6 Å². The molecule has 0 unspecified atom stereocenters. The van der Waals surface area contributed by atoms with Gasteiger partial charge in [-0.05, 0) is 70.2 Å². The van der Waals surface area contributed by atoms with Gasteiger partial charge in [0.05, 0.1) is 53.2 Å². The maximum atomic E-state index is 15.0. The summed E-state index contributed by atoms with van der Waals surface area (Å²) in [5, 5.41) is 14.4. The van der Waals surface area contributed by atoms with E-state index in [9.17, 15) is 19.5 Å². The van der Waals surface area contributed by atoms with Crippen LogP contribution in [0.15, 0.2) is 16.9 Å². The summed E-state index contributed by atoms with van der Waals surface area (Å²) >= 11 is 0. The van der Waals surface area contributed by atoms with Gasteiger partial charge in [-0.25, -0.2) is 14.2 Å². The third-order valence-corrected chi connectivity index (χ3v) is 8.12. The van der Waals surface area contributed by atoms with E-state index in [-0.39, 0.29) is 60.1 Å². The molecule has 2 aliphatic heterocycles. The predicted octanol–water partition coefficient (Wildman–Crippen LogP) is 3.66. The zero-order chi connectivity index (χ0) is 28.7. The Bertz CT molecular complexity index is 1670. The summed E-state index contributed by atoms with van der Waals surface area (Å²) in [6.07, 6.45) is -0.321. The van der Waals surface area contributed by atoms with Crippen LogP contribution in [0.3, 0.4) is 0 Å². The standard InChI is InChI=1S/C30H32FN3O6/c1-13(2)40-30(4,5)10-23(35)32-20-7-6-15-14(3)19(31)9-21-24(15)25(20)17-11-34-22(26(17)33-21)8-16-18(28(34)37)12-39-29(38)27(16)36/h8-9,13,20,27,36H,6-7,10-12H2,1-5H3,(H,32,35)/t20-,27-/m0/s1. The number of pyridine rings is 2. The number of ether oxygens (including phenoxy) is 2. The van der Waals surface area contributed by atoms with Crippen molar-refractivity contribution in [3.63, 3.8) is 0 Å². The summed E-state index contributed by atoms with van der Waals surface area (Å²) in [6, 6.07) is 2.62. The number of hydrogen-bond acceptors (Lipinski definition) is 7. The van der Waals surface area contributed by atoms with Crippen molar-refractivity contribution >= 4 is 22.8 Å². The highest BCUT2D eigenvalue weighted by Gasteiger charge is 2.38. The molecule has 0 saturated heterocycles. The number of aromatic nitrogens is 2. The van der Waals surface area contributed by atoms with Gasteiger partial charge in [-0.3, -0.25) is 9.59 Å². The lowest BCUT2D eigenvalue weighted by atomic mass is 9.81. The number of amides is 1. The van der Waals surface area contributed by atoms with Gasteiger partial charge < -0.3 is 24.5 Å². The van der Waals surface area contributed by atoms with E-state index in [0.29, 0.717) is 35.3 Å². The molecule has 2 atom stereocenters. The van der Waals surface area contributed by atoms with Gasteiger partial charge in [0.25, 0.3) is 5.56 Å². The van der Waals surface area contributed by atoms with Gasteiger partial charge in [-0.15, -0.1) is 0 Å². The number of halogens is 1. The number of aryl methyl sites for hydroxylation is 1. The van der Waals surface area contributed by atoms with Gasteiger partial charge in [0.1, 0.15) is 12.4 Å². The first-order valence-corrected chi connectivity index (χ1v) is 13.6. The van der Waals surface area contributed by atoms with Crippen molar-refractivity contribution in [2.75, 3.05) is 0 Å². The van der Waals surface area contributed by atoms with E-state index >= 15 is 4.39 Å². The third kappa shape index (κ3) is 4.12. The number of hydrogen-bond donors (Lipinski definition) is 2.